The fraction of sp³-hybridized carbons (Fsp3) is 0.700. The molecule has 0 aliphatic rings. The molecule has 10 heavy (non-hydrogen) atoms. The van der Waals surface area contributed by atoms with Crippen LogP contribution in [0.3, 0.4) is 0 Å². The molecule has 2 atom stereocenters. The Labute approximate surface area is 65.3 Å². The lowest BCUT2D eigenvalue weighted by Gasteiger charge is -2.02. The predicted octanol–water partition coefficient (Wildman–Crippen LogP) is 3.45. The normalized spacial score (nSPS) is 14.9. The van der Waals surface area contributed by atoms with Crippen LogP contribution in [0.5, 0.6) is 0 Å². The van der Waals surface area contributed by atoms with E-state index in [9.17, 15) is 0 Å². The van der Waals surface area contributed by atoms with Crippen molar-refractivity contribution in [1.29, 1.82) is 0 Å². The molecule has 1 radical (unpaired) electrons. The fourth-order valence-electron chi connectivity index (χ4n) is 0.931. The van der Waals surface area contributed by atoms with Gasteiger partial charge in [-0.2, -0.15) is 0 Å². The zero-order chi connectivity index (χ0) is 7.98. The molecule has 0 nitrogen and oxygen atoms in total. The third-order valence-corrected chi connectivity index (χ3v) is 1.51. The largest absolute Gasteiger partial charge is 0.0854 e. The first-order chi connectivity index (χ1) is 4.66. The Morgan fingerprint density at radius 3 is 2.30 bits per heavy atom. The van der Waals surface area contributed by atoms with Crippen molar-refractivity contribution in [1.82, 2.24) is 0 Å². The van der Waals surface area contributed by atoms with E-state index in [-0.39, 0.29) is 0 Å². The average Bonchev–Trinajstić information content (AvgIpc) is 1.85. The smallest absolute Gasteiger partial charge is 0.0262 e. The highest BCUT2D eigenvalue weighted by atomic mass is 14.0. The molecule has 0 fully saturated rings. The number of rotatable bonds is 4. The molecule has 0 amide bonds. The summed E-state index contributed by atoms with van der Waals surface area (Å²) in [5, 5.41) is 0. The monoisotopic (exact) mass is 139 g/mol. The molecule has 0 saturated carbocycles. The topological polar surface area (TPSA) is 0 Å². The lowest BCUT2D eigenvalue weighted by Crippen LogP contribution is -1.89. The van der Waals surface area contributed by atoms with Crippen LogP contribution in [0.2, 0.25) is 0 Å². The standard InChI is InChI=1S/C10H19/c1-5-6-10(4)8-7-9(2)3/h7-10H,2,5-6H2,1,3-4H3. The van der Waals surface area contributed by atoms with Gasteiger partial charge in [0.2, 0.25) is 0 Å². The van der Waals surface area contributed by atoms with E-state index in [4.69, 9.17) is 0 Å². The average molecular weight is 139 g/mol. The fourth-order valence-corrected chi connectivity index (χ4v) is 0.931. The van der Waals surface area contributed by atoms with E-state index >= 15 is 0 Å². The molecule has 0 heteroatoms. The Balaban J connectivity index is 3.45. The van der Waals surface area contributed by atoms with Crippen molar-refractivity contribution in [2.75, 3.05) is 0 Å². The van der Waals surface area contributed by atoms with Crippen LogP contribution in [0.4, 0.5) is 0 Å². The maximum atomic E-state index is 3.88. The van der Waals surface area contributed by atoms with Crippen molar-refractivity contribution in [2.45, 2.75) is 33.6 Å². The van der Waals surface area contributed by atoms with Crippen LogP contribution < -0.4 is 0 Å². The second-order valence-electron chi connectivity index (χ2n) is 3.13. The molecule has 0 aliphatic carbocycles. The van der Waals surface area contributed by atoms with Gasteiger partial charge in [-0.15, -0.1) is 0 Å². The summed E-state index contributed by atoms with van der Waals surface area (Å²) < 4.78 is 0. The molecule has 0 saturated heterocycles. The van der Waals surface area contributed by atoms with Crippen molar-refractivity contribution in [3.63, 3.8) is 0 Å². The van der Waals surface area contributed by atoms with Crippen LogP contribution in [0, 0.1) is 18.8 Å². The van der Waals surface area contributed by atoms with E-state index in [1.165, 1.54) is 12.8 Å². The third kappa shape index (κ3) is 5.87. The number of allylic oxidation sites excluding steroid dienone is 2. The van der Waals surface area contributed by atoms with Crippen LogP contribution in [0.1, 0.15) is 33.6 Å². The Morgan fingerprint density at radius 1 is 1.30 bits per heavy atom. The Hall–Kier alpha value is -0.260. The van der Waals surface area contributed by atoms with Crippen LogP contribution >= 0.6 is 0 Å². The van der Waals surface area contributed by atoms with Crippen LogP contribution in [-0.2, 0) is 0 Å². The third-order valence-electron chi connectivity index (χ3n) is 1.51. The lowest BCUT2D eigenvalue weighted by atomic mass is 10.0. The Bertz CT molecular complexity index is 90.2. The summed E-state index contributed by atoms with van der Waals surface area (Å²) >= 11 is 0. The molecule has 0 bridgehead atoms. The quantitative estimate of drug-likeness (QED) is 0.523. The Morgan fingerprint density at radius 2 is 1.90 bits per heavy atom. The second kappa shape index (κ2) is 5.52. The minimum absolute atomic E-state index is 0.458. The maximum Gasteiger partial charge on any atom is -0.0262 e. The molecule has 0 aromatic heterocycles. The minimum Gasteiger partial charge on any atom is -0.0854 e. The van der Waals surface area contributed by atoms with Gasteiger partial charge in [-0.25, -0.2) is 0 Å². The van der Waals surface area contributed by atoms with Crippen molar-refractivity contribution in [2.24, 2.45) is 11.8 Å². The molecule has 0 aromatic carbocycles. The van der Waals surface area contributed by atoms with E-state index in [2.05, 4.69) is 39.8 Å². The molecule has 0 N–H and O–H groups in total. The van der Waals surface area contributed by atoms with Gasteiger partial charge in [-0.1, -0.05) is 39.3 Å². The van der Waals surface area contributed by atoms with E-state index in [1.54, 1.807) is 0 Å². The second-order valence-corrected chi connectivity index (χ2v) is 3.13. The molecule has 0 spiro atoms. The summed E-state index contributed by atoms with van der Waals surface area (Å²) in [6, 6.07) is 0. The van der Waals surface area contributed by atoms with Gasteiger partial charge in [-0.3, -0.25) is 0 Å². The molecular weight excluding hydrogens is 120 g/mol. The molecule has 0 rings (SSSR count). The highest BCUT2D eigenvalue weighted by molar-refractivity contribution is 4.90. The van der Waals surface area contributed by atoms with Gasteiger partial charge in [0.25, 0.3) is 0 Å². The summed E-state index contributed by atoms with van der Waals surface area (Å²) in [4.78, 5) is 0. The first-order valence-corrected chi connectivity index (χ1v) is 4.18. The zero-order valence-corrected chi connectivity index (χ0v) is 7.43. The number of hydrogen-bond donors (Lipinski definition) is 0. The van der Waals surface area contributed by atoms with Crippen LogP contribution in [0.25, 0.3) is 0 Å². The maximum absolute atomic E-state index is 3.88. The minimum atomic E-state index is 0.458. The predicted molar refractivity (Wildman–Crippen MR) is 47.7 cm³/mol. The molecule has 0 aliphatic heterocycles. The SMILES string of the molecule is [CH2]C(C)C=CC(C)CCC. The van der Waals surface area contributed by atoms with Gasteiger partial charge < -0.3 is 0 Å². The molecule has 0 aromatic rings. The van der Waals surface area contributed by atoms with E-state index in [0.29, 0.717) is 5.92 Å². The summed E-state index contributed by atoms with van der Waals surface area (Å²) in [6.45, 7) is 10.5. The van der Waals surface area contributed by atoms with E-state index in [1.807, 2.05) is 0 Å². The van der Waals surface area contributed by atoms with Crippen molar-refractivity contribution < 1.29 is 0 Å². The first-order valence-electron chi connectivity index (χ1n) is 4.18. The summed E-state index contributed by atoms with van der Waals surface area (Å²) in [5.41, 5.74) is 0. The van der Waals surface area contributed by atoms with Gasteiger partial charge >= 0.3 is 0 Å². The van der Waals surface area contributed by atoms with Gasteiger partial charge in [0.1, 0.15) is 0 Å². The zero-order valence-electron chi connectivity index (χ0n) is 7.43. The van der Waals surface area contributed by atoms with Crippen molar-refractivity contribution >= 4 is 0 Å². The first kappa shape index (κ1) is 9.74. The highest BCUT2D eigenvalue weighted by Gasteiger charge is 1.93. The van der Waals surface area contributed by atoms with E-state index in [0.717, 1.165) is 5.92 Å². The number of hydrogen-bond acceptors (Lipinski definition) is 0. The molecular formula is C10H19. The van der Waals surface area contributed by atoms with Crippen LogP contribution in [-0.4, -0.2) is 0 Å². The highest BCUT2D eigenvalue weighted by Crippen LogP contribution is 2.07. The van der Waals surface area contributed by atoms with Gasteiger partial charge in [0.05, 0.1) is 0 Å². The summed E-state index contributed by atoms with van der Waals surface area (Å²) in [7, 11) is 0. The van der Waals surface area contributed by atoms with Gasteiger partial charge in [0, 0.05) is 0 Å². The van der Waals surface area contributed by atoms with Gasteiger partial charge in [-0.05, 0) is 25.2 Å². The Kier molecular flexibility index (Phi) is 5.38. The van der Waals surface area contributed by atoms with Gasteiger partial charge in [0.15, 0.2) is 0 Å². The van der Waals surface area contributed by atoms with E-state index < -0.39 is 0 Å². The summed E-state index contributed by atoms with van der Waals surface area (Å²) in [5.74, 6) is 1.19. The van der Waals surface area contributed by atoms with Crippen LogP contribution in [0.15, 0.2) is 12.2 Å². The lowest BCUT2D eigenvalue weighted by molar-refractivity contribution is 0.630. The van der Waals surface area contributed by atoms with Crippen molar-refractivity contribution in [3.05, 3.63) is 19.1 Å². The van der Waals surface area contributed by atoms with Crippen molar-refractivity contribution in [3.8, 4) is 0 Å². The summed E-state index contributed by atoms with van der Waals surface area (Å²) in [6.07, 6.45) is 7.02. The molecule has 0 heterocycles. The molecule has 2 unspecified atom stereocenters. The molecule has 59 valence electrons.